The highest BCUT2D eigenvalue weighted by molar-refractivity contribution is 6.87. The minimum absolute atomic E-state index is 0.123. The van der Waals surface area contributed by atoms with Gasteiger partial charge in [0, 0.05) is 24.0 Å². The van der Waals surface area contributed by atoms with Crippen LogP contribution in [0.25, 0.3) is 0 Å². The van der Waals surface area contributed by atoms with Gasteiger partial charge in [-0.3, -0.25) is 4.79 Å². The molecule has 23 heavy (non-hydrogen) atoms. The first-order chi connectivity index (χ1) is 10.9. The molecule has 0 aromatic carbocycles. The molecule has 0 aromatic heterocycles. The summed E-state index contributed by atoms with van der Waals surface area (Å²) in [6.07, 6.45) is 6.59. The van der Waals surface area contributed by atoms with E-state index in [9.17, 15) is 4.79 Å². The SMILES string of the molecule is COC1=C2/C(=C3/CCCC3C(=O)/C([Si](C)(C)C)=C\1)C1CCOC21. The summed E-state index contributed by atoms with van der Waals surface area (Å²) in [4.78, 5) is 13.3. The van der Waals surface area contributed by atoms with Gasteiger partial charge in [0.2, 0.25) is 0 Å². The highest BCUT2D eigenvalue weighted by Gasteiger charge is 2.52. The van der Waals surface area contributed by atoms with E-state index in [0.29, 0.717) is 11.7 Å². The summed E-state index contributed by atoms with van der Waals surface area (Å²) in [6, 6.07) is 0. The van der Waals surface area contributed by atoms with Crippen molar-refractivity contribution in [1.82, 2.24) is 0 Å². The van der Waals surface area contributed by atoms with Gasteiger partial charge in [0.25, 0.3) is 0 Å². The Morgan fingerprint density at radius 2 is 2.00 bits per heavy atom. The molecule has 3 aliphatic carbocycles. The standard InChI is InChI=1S/C19H26O3Si/c1-21-14-10-15(23(2,3)4)18(20)12-7-5-6-11(12)16-13-8-9-22-19(13)17(14)16/h10,12-13,19H,5-9H2,1-4H3/b15-10+,16-11-,17-14-. The average Bonchev–Trinajstić information content (AvgIpc) is 3.08. The molecule has 3 unspecified atom stereocenters. The zero-order valence-electron chi connectivity index (χ0n) is 14.6. The molecule has 4 aliphatic rings. The number of carbonyl (C=O) groups is 1. The van der Waals surface area contributed by atoms with Gasteiger partial charge in [0.1, 0.15) is 5.76 Å². The zero-order chi connectivity index (χ0) is 16.4. The van der Waals surface area contributed by atoms with Crippen LogP contribution in [0.5, 0.6) is 0 Å². The Labute approximate surface area is 139 Å². The molecule has 0 amide bonds. The Morgan fingerprint density at radius 1 is 1.22 bits per heavy atom. The maximum Gasteiger partial charge on any atom is 0.162 e. The average molecular weight is 331 g/mol. The number of allylic oxidation sites excluding steroid dienone is 3. The highest BCUT2D eigenvalue weighted by Crippen LogP contribution is 2.55. The molecule has 0 N–H and O–H groups in total. The number of ether oxygens (including phenoxy) is 2. The topological polar surface area (TPSA) is 35.5 Å². The second-order valence-electron chi connectivity index (χ2n) is 8.22. The molecule has 1 aliphatic heterocycles. The largest absolute Gasteiger partial charge is 0.496 e. The number of ketones is 1. The monoisotopic (exact) mass is 330 g/mol. The second-order valence-corrected chi connectivity index (χ2v) is 13.3. The van der Waals surface area contributed by atoms with Crippen molar-refractivity contribution in [3.05, 3.63) is 33.8 Å². The maximum atomic E-state index is 13.3. The molecule has 4 heteroatoms. The quantitative estimate of drug-likeness (QED) is 0.723. The number of Topliss-reactive ketones (excluding diaryl/α,β-unsaturated/α-hetero) is 1. The summed E-state index contributed by atoms with van der Waals surface area (Å²) in [6.45, 7) is 7.59. The summed E-state index contributed by atoms with van der Waals surface area (Å²) in [5, 5.41) is 1.03. The van der Waals surface area contributed by atoms with Crippen molar-refractivity contribution in [2.75, 3.05) is 13.7 Å². The van der Waals surface area contributed by atoms with Crippen LogP contribution in [0.4, 0.5) is 0 Å². The molecule has 124 valence electrons. The molecule has 3 atom stereocenters. The summed E-state index contributed by atoms with van der Waals surface area (Å²) < 4.78 is 11.7. The van der Waals surface area contributed by atoms with E-state index in [1.54, 1.807) is 7.11 Å². The van der Waals surface area contributed by atoms with Gasteiger partial charge in [0.05, 0.1) is 21.3 Å². The molecule has 2 saturated carbocycles. The number of fused-ring (bicyclic) bond motifs is 5. The van der Waals surface area contributed by atoms with Gasteiger partial charge >= 0.3 is 0 Å². The molecule has 0 spiro atoms. The predicted molar refractivity (Wildman–Crippen MR) is 92.7 cm³/mol. The van der Waals surface area contributed by atoms with Gasteiger partial charge in [0.15, 0.2) is 5.78 Å². The summed E-state index contributed by atoms with van der Waals surface area (Å²) >= 11 is 0. The van der Waals surface area contributed by atoms with Crippen LogP contribution in [-0.2, 0) is 14.3 Å². The minimum atomic E-state index is -1.72. The van der Waals surface area contributed by atoms with Crippen LogP contribution in [0.1, 0.15) is 25.7 Å². The van der Waals surface area contributed by atoms with E-state index in [2.05, 4.69) is 25.7 Å². The minimum Gasteiger partial charge on any atom is -0.496 e. The molecule has 0 bridgehead atoms. The lowest BCUT2D eigenvalue weighted by Crippen LogP contribution is -2.40. The fraction of sp³-hybridized carbons (Fsp3) is 0.632. The summed E-state index contributed by atoms with van der Waals surface area (Å²) in [7, 11) is 0.00652. The van der Waals surface area contributed by atoms with Crippen LogP contribution in [0.3, 0.4) is 0 Å². The maximum absolute atomic E-state index is 13.3. The van der Waals surface area contributed by atoms with Crippen LogP contribution in [0, 0.1) is 11.8 Å². The Kier molecular flexibility index (Phi) is 3.47. The van der Waals surface area contributed by atoms with Crippen molar-refractivity contribution >= 4 is 13.9 Å². The smallest absolute Gasteiger partial charge is 0.162 e. The normalized spacial score (nSPS) is 42.0. The lowest BCUT2D eigenvalue weighted by molar-refractivity contribution is -0.117. The highest BCUT2D eigenvalue weighted by atomic mass is 28.3. The predicted octanol–water partition coefficient (Wildman–Crippen LogP) is 3.79. The third kappa shape index (κ3) is 2.14. The van der Waals surface area contributed by atoms with Crippen LogP contribution < -0.4 is 0 Å². The fourth-order valence-electron chi connectivity index (χ4n) is 4.79. The van der Waals surface area contributed by atoms with Crippen LogP contribution in [-0.4, -0.2) is 33.7 Å². The van der Waals surface area contributed by atoms with Crippen LogP contribution >= 0.6 is 0 Å². The first-order valence-corrected chi connectivity index (χ1v) is 12.3. The van der Waals surface area contributed by atoms with Crippen molar-refractivity contribution in [1.29, 1.82) is 0 Å². The van der Waals surface area contributed by atoms with Crippen LogP contribution in [0.15, 0.2) is 33.8 Å². The lowest BCUT2D eigenvalue weighted by Gasteiger charge is -2.41. The van der Waals surface area contributed by atoms with E-state index < -0.39 is 8.07 Å². The third-order valence-corrected chi connectivity index (χ3v) is 7.90. The third-order valence-electron chi connectivity index (χ3n) is 5.89. The van der Waals surface area contributed by atoms with Gasteiger partial charge in [-0.2, -0.15) is 0 Å². The number of rotatable bonds is 2. The van der Waals surface area contributed by atoms with Crippen molar-refractivity contribution in [3.8, 4) is 0 Å². The second kappa shape index (κ2) is 5.18. The van der Waals surface area contributed by atoms with Crippen molar-refractivity contribution < 1.29 is 14.3 Å². The molecular weight excluding hydrogens is 304 g/mol. The van der Waals surface area contributed by atoms with E-state index in [-0.39, 0.29) is 12.0 Å². The first kappa shape index (κ1) is 15.4. The van der Waals surface area contributed by atoms with E-state index >= 15 is 0 Å². The number of hydrogen-bond acceptors (Lipinski definition) is 3. The Morgan fingerprint density at radius 3 is 2.70 bits per heavy atom. The molecule has 3 fully saturated rings. The van der Waals surface area contributed by atoms with Crippen LogP contribution in [0.2, 0.25) is 19.6 Å². The lowest BCUT2D eigenvalue weighted by atomic mass is 9.66. The van der Waals surface area contributed by atoms with Gasteiger partial charge in [-0.15, -0.1) is 0 Å². The molecule has 3 nitrogen and oxygen atoms in total. The van der Waals surface area contributed by atoms with E-state index in [1.165, 1.54) is 16.7 Å². The molecule has 0 radical (unpaired) electrons. The van der Waals surface area contributed by atoms with Crippen molar-refractivity contribution in [3.63, 3.8) is 0 Å². The number of hydrogen-bond donors (Lipinski definition) is 0. The van der Waals surface area contributed by atoms with E-state index in [0.717, 1.165) is 43.2 Å². The van der Waals surface area contributed by atoms with E-state index in [4.69, 9.17) is 9.47 Å². The number of carbonyl (C=O) groups excluding carboxylic acids is 1. The van der Waals surface area contributed by atoms with Gasteiger partial charge in [-0.05, 0) is 42.5 Å². The van der Waals surface area contributed by atoms with Gasteiger partial charge < -0.3 is 9.47 Å². The summed E-state index contributed by atoms with van der Waals surface area (Å²) in [5.41, 5.74) is 4.08. The van der Waals surface area contributed by atoms with E-state index in [1.807, 2.05) is 0 Å². The Balaban J connectivity index is 1.95. The van der Waals surface area contributed by atoms with Gasteiger partial charge in [-0.25, -0.2) is 0 Å². The zero-order valence-corrected chi connectivity index (χ0v) is 15.6. The van der Waals surface area contributed by atoms with Gasteiger partial charge in [-0.1, -0.05) is 25.2 Å². The first-order valence-electron chi connectivity index (χ1n) is 8.83. The molecular formula is C19H26O3Si. The molecule has 4 rings (SSSR count). The Bertz CT molecular complexity index is 663. The van der Waals surface area contributed by atoms with Crippen molar-refractivity contribution in [2.45, 2.75) is 51.4 Å². The molecule has 0 aromatic rings. The Hall–Kier alpha value is -1.13. The fourth-order valence-corrected chi connectivity index (χ4v) is 6.27. The number of methoxy groups -OCH3 is 1. The molecule has 1 heterocycles. The summed E-state index contributed by atoms with van der Waals surface area (Å²) in [5.74, 6) is 1.88. The molecule has 1 saturated heterocycles. The van der Waals surface area contributed by atoms with Crippen molar-refractivity contribution in [2.24, 2.45) is 11.8 Å².